The molecule has 0 saturated heterocycles. The van der Waals surface area contributed by atoms with Gasteiger partial charge >= 0.3 is 0 Å². The number of ether oxygens (including phenoxy) is 1. The zero-order valence-electron chi connectivity index (χ0n) is 12.8. The molecular formula is C15H23BrN4O2. The monoisotopic (exact) mass is 370 g/mol. The maximum Gasteiger partial charge on any atom is 0.226 e. The number of hydrogen-bond donors (Lipinski definition) is 3. The zero-order chi connectivity index (χ0) is 16.2. The lowest BCUT2D eigenvalue weighted by Crippen LogP contribution is -2.34. The van der Waals surface area contributed by atoms with Crippen molar-refractivity contribution in [3.63, 3.8) is 0 Å². The normalized spacial score (nSPS) is 11.3. The van der Waals surface area contributed by atoms with Crippen LogP contribution >= 0.6 is 15.9 Å². The lowest BCUT2D eigenvalue weighted by Gasteiger charge is -2.07. The van der Waals surface area contributed by atoms with Gasteiger partial charge in [0.05, 0.1) is 0 Å². The molecule has 0 aliphatic heterocycles. The first-order valence-electron chi connectivity index (χ1n) is 7.28. The van der Waals surface area contributed by atoms with Crippen molar-refractivity contribution in [1.82, 2.24) is 5.32 Å². The third kappa shape index (κ3) is 8.63. The molecule has 4 N–H and O–H groups in total. The Morgan fingerprint density at radius 3 is 2.77 bits per heavy atom. The molecule has 0 aromatic heterocycles. The first-order valence-corrected chi connectivity index (χ1v) is 8.08. The summed E-state index contributed by atoms with van der Waals surface area (Å²) in [7, 11) is 0. The van der Waals surface area contributed by atoms with Crippen molar-refractivity contribution in [2.75, 3.05) is 31.6 Å². The Balaban J connectivity index is 2.16. The van der Waals surface area contributed by atoms with E-state index in [0.29, 0.717) is 38.7 Å². The molecule has 122 valence electrons. The number of nitrogens with two attached hydrogens (primary N) is 1. The molecule has 0 aliphatic rings. The Hall–Kier alpha value is -1.60. The average Bonchev–Trinajstić information content (AvgIpc) is 2.49. The molecule has 0 heterocycles. The lowest BCUT2D eigenvalue weighted by molar-refractivity contribution is -0.116. The van der Waals surface area contributed by atoms with E-state index in [1.807, 2.05) is 31.2 Å². The van der Waals surface area contributed by atoms with Crippen LogP contribution in [0.3, 0.4) is 0 Å². The first-order chi connectivity index (χ1) is 10.6. The average molecular weight is 371 g/mol. The van der Waals surface area contributed by atoms with Gasteiger partial charge < -0.3 is 21.1 Å². The maximum absolute atomic E-state index is 11.8. The Bertz CT molecular complexity index is 477. The summed E-state index contributed by atoms with van der Waals surface area (Å²) in [5.41, 5.74) is 6.47. The van der Waals surface area contributed by atoms with Crippen LogP contribution in [0.1, 0.15) is 19.8 Å². The second-order valence-corrected chi connectivity index (χ2v) is 5.46. The van der Waals surface area contributed by atoms with Crippen LogP contribution in [0.2, 0.25) is 0 Å². The number of benzene rings is 1. The van der Waals surface area contributed by atoms with E-state index in [4.69, 9.17) is 10.5 Å². The highest BCUT2D eigenvalue weighted by molar-refractivity contribution is 9.10. The summed E-state index contributed by atoms with van der Waals surface area (Å²) < 4.78 is 6.18. The number of guanidine groups is 1. The van der Waals surface area contributed by atoms with E-state index in [2.05, 4.69) is 31.6 Å². The minimum absolute atomic E-state index is 0.0704. The van der Waals surface area contributed by atoms with Crippen LogP contribution in [0.15, 0.2) is 33.7 Å². The van der Waals surface area contributed by atoms with Gasteiger partial charge in [-0.15, -0.1) is 0 Å². The van der Waals surface area contributed by atoms with Crippen molar-refractivity contribution in [2.45, 2.75) is 19.8 Å². The second-order valence-electron chi connectivity index (χ2n) is 4.55. The number of amides is 1. The summed E-state index contributed by atoms with van der Waals surface area (Å²) in [5.74, 6) is 0.284. The summed E-state index contributed by atoms with van der Waals surface area (Å²) in [6, 6.07) is 7.43. The maximum atomic E-state index is 11.8. The number of rotatable bonds is 9. The second kappa shape index (κ2) is 11.0. The highest BCUT2D eigenvalue weighted by Gasteiger charge is 2.02. The molecule has 22 heavy (non-hydrogen) atoms. The Labute approximate surface area is 139 Å². The zero-order valence-corrected chi connectivity index (χ0v) is 14.4. The van der Waals surface area contributed by atoms with E-state index in [1.54, 1.807) is 0 Å². The van der Waals surface area contributed by atoms with Crippen molar-refractivity contribution in [3.8, 4) is 0 Å². The number of aliphatic imine (C=N–C) groups is 1. The summed E-state index contributed by atoms with van der Waals surface area (Å²) in [6.07, 6.45) is 1.16. The molecule has 0 saturated carbocycles. The number of carbonyl (C=O) groups is 1. The van der Waals surface area contributed by atoms with E-state index < -0.39 is 0 Å². The Kier molecular flexibility index (Phi) is 9.25. The van der Waals surface area contributed by atoms with Gasteiger partial charge in [-0.3, -0.25) is 9.79 Å². The molecule has 0 unspecified atom stereocenters. The number of halogens is 1. The van der Waals surface area contributed by atoms with Gasteiger partial charge in [-0.1, -0.05) is 15.9 Å². The standard InChI is InChI=1S/C15H23BrN4O2/c1-2-22-11-3-9-18-15(17)19-10-8-14(21)20-13-6-4-12(16)5-7-13/h4-7H,2-3,8-11H2,1H3,(H,20,21)(H3,17,18,19). The van der Waals surface area contributed by atoms with E-state index in [1.165, 1.54) is 0 Å². The van der Waals surface area contributed by atoms with Gasteiger partial charge in [-0.25, -0.2) is 0 Å². The molecular weight excluding hydrogens is 348 g/mol. The van der Waals surface area contributed by atoms with Crippen LogP contribution < -0.4 is 16.4 Å². The van der Waals surface area contributed by atoms with Crippen molar-refractivity contribution < 1.29 is 9.53 Å². The molecule has 1 rings (SSSR count). The van der Waals surface area contributed by atoms with Crippen LogP contribution in [-0.4, -0.2) is 38.2 Å². The van der Waals surface area contributed by atoms with Crippen molar-refractivity contribution in [1.29, 1.82) is 0 Å². The van der Waals surface area contributed by atoms with Gasteiger partial charge in [-0.2, -0.15) is 0 Å². The van der Waals surface area contributed by atoms with Gasteiger partial charge in [0, 0.05) is 42.9 Å². The minimum atomic E-state index is -0.0704. The predicted molar refractivity (Wildman–Crippen MR) is 93.0 cm³/mol. The van der Waals surface area contributed by atoms with Crippen LogP contribution in [0, 0.1) is 0 Å². The fraction of sp³-hybridized carbons (Fsp3) is 0.467. The number of nitrogens with zero attached hydrogens (tertiary/aromatic N) is 1. The van der Waals surface area contributed by atoms with E-state index in [0.717, 1.165) is 16.6 Å². The third-order valence-electron chi connectivity index (χ3n) is 2.72. The van der Waals surface area contributed by atoms with Crippen LogP contribution in [-0.2, 0) is 9.53 Å². The smallest absolute Gasteiger partial charge is 0.226 e. The van der Waals surface area contributed by atoms with Crippen molar-refractivity contribution in [3.05, 3.63) is 28.7 Å². The molecule has 1 aromatic rings. The molecule has 0 fully saturated rings. The molecule has 6 nitrogen and oxygen atoms in total. The fourth-order valence-electron chi connectivity index (χ4n) is 1.63. The topological polar surface area (TPSA) is 88.7 Å². The minimum Gasteiger partial charge on any atom is -0.382 e. The molecule has 1 aromatic carbocycles. The number of carbonyl (C=O) groups excluding carboxylic acids is 1. The van der Waals surface area contributed by atoms with Gasteiger partial charge in [-0.05, 0) is 37.6 Å². The summed E-state index contributed by atoms with van der Waals surface area (Å²) in [6.45, 7) is 4.42. The number of anilines is 1. The van der Waals surface area contributed by atoms with Gasteiger partial charge in [0.1, 0.15) is 0 Å². The quantitative estimate of drug-likeness (QED) is 0.352. The molecule has 0 atom stereocenters. The van der Waals surface area contributed by atoms with Crippen molar-refractivity contribution >= 4 is 33.5 Å². The van der Waals surface area contributed by atoms with Gasteiger partial charge in [0.15, 0.2) is 5.96 Å². The number of nitrogens with one attached hydrogen (secondary N) is 2. The third-order valence-corrected chi connectivity index (χ3v) is 3.25. The largest absolute Gasteiger partial charge is 0.382 e. The Morgan fingerprint density at radius 2 is 2.09 bits per heavy atom. The fourth-order valence-corrected chi connectivity index (χ4v) is 1.89. The predicted octanol–water partition coefficient (Wildman–Crippen LogP) is 2.11. The number of hydrogen-bond acceptors (Lipinski definition) is 3. The van der Waals surface area contributed by atoms with E-state index in [-0.39, 0.29) is 5.91 Å². The molecule has 0 aliphatic carbocycles. The SMILES string of the molecule is CCOCCCN=C(N)NCCC(=O)Nc1ccc(Br)cc1. The molecule has 0 radical (unpaired) electrons. The first kappa shape index (κ1) is 18.4. The van der Waals surface area contributed by atoms with Crippen molar-refractivity contribution in [2.24, 2.45) is 10.7 Å². The molecule has 1 amide bonds. The van der Waals surface area contributed by atoms with Crippen LogP contribution in [0.25, 0.3) is 0 Å². The summed E-state index contributed by atoms with van der Waals surface area (Å²) in [4.78, 5) is 15.9. The van der Waals surface area contributed by atoms with Crippen LogP contribution in [0.5, 0.6) is 0 Å². The van der Waals surface area contributed by atoms with Gasteiger partial charge in [0.25, 0.3) is 0 Å². The summed E-state index contributed by atoms with van der Waals surface area (Å²) in [5, 5.41) is 5.73. The van der Waals surface area contributed by atoms with E-state index >= 15 is 0 Å². The molecule has 0 bridgehead atoms. The van der Waals surface area contributed by atoms with E-state index in [9.17, 15) is 4.79 Å². The Morgan fingerprint density at radius 1 is 1.36 bits per heavy atom. The highest BCUT2D eigenvalue weighted by atomic mass is 79.9. The van der Waals surface area contributed by atoms with Gasteiger partial charge in [0.2, 0.25) is 5.91 Å². The highest BCUT2D eigenvalue weighted by Crippen LogP contribution is 2.14. The lowest BCUT2D eigenvalue weighted by atomic mass is 10.3. The van der Waals surface area contributed by atoms with Crippen LogP contribution in [0.4, 0.5) is 5.69 Å². The molecule has 0 spiro atoms. The molecule has 7 heteroatoms. The summed E-state index contributed by atoms with van der Waals surface area (Å²) >= 11 is 3.35.